The minimum absolute atomic E-state index is 0.0185. The molecule has 0 aliphatic carbocycles. The maximum Gasteiger partial charge on any atom is 0.188 e. The molecular formula is C33H46NO2P. The second-order valence-electron chi connectivity index (χ2n) is 11.1. The van der Waals surface area contributed by atoms with Crippen molar-refractivity contribution in [2.75, 3.05) is 13.9 Å². The van der Waals surface area contributed by atoms with Crippen LogP contribution in [0.5, 0.6) is 5.75 Å². The zero-order valence-electron chi connectivity index (χ0n) is 24.1. The number of benzene rings is 3. The second kappa shape index (κ2) is 13.1. The van der Waals surface area contributed by atoms with E-state index in [1.165, 1.54) is 38.7 Å². The third-order valence-electron chi connectivity index (χ3n) is 7.40. The number of methoxy groups -OCH3 is 1. The first-order chi connectivity index (χ1) is 17.6. The van der Waals surface area contributed by atoms with E-state index in [9.17, 15) is 0 Å². The van der Waals surface area contributed by atoms with Crippen molar-refractivity contribution in [3.63, 3.8) is 0 Å². The van der Waals surface area contributed by atoms with E-state index in [0.29, 0.717) is 8.58 Å². The first kappa shape index (κ1) is 29.4. The zero-order valence-corrected chi connectivity index (χ0v) is 25.1. The Labute approximate surface area is 227 Å². The molecule has 0 amide bonds. The minimum atomic E-state index is -0.0185. The molecule has 3 rings (SSSR count). The van der Waals surface area contributed by atoms with E-state index in [-0.39, 0.29) is 17.4 Å². The zero-order chi connectivity index (χ0) is 27.1. The lowest BCUT2D eigenvalue weighted by Gasteiger charge is -2.37. The highest BCUT2D eigenvalue weighted by Gasteiger charge is 2.35. The van der Waals surface area contributed by atoms with Crippen LogP contribution in [0.4, 0.5) is 0 Å². The molecule has 0 spiro atoms. The van der Waals surface area contributed by atoms with Gasteiger partial charge in [-0.15, -0.1) is 0 Å². The molecule has 1 atom stereocenters. The summed E-state index contributed by atoms with van der Waals surface area (Å²) in [6.07, 6.45) is 2.09. The second-order valence-corrected chi connectivity index (χ2v) is 12.8. The number of hydrogen-bond donors (Lipinski definition) is 1. The number of aryl methyl sites for hydroxylation is 2. The topological polar surface area (TPSA) is 30.5 Å². The van der Waals surface area contributed by atoms with Crippen LogP contribution < -0.4 is 15.4 Å². The van der Waals surface area contributed by atoms with Crippen molar-refractivity contribution in [1.29, 1.82) is 0 Å². The summed E-state index contributed by atoms with van der Waals surface area (Å²) < 4.78 is 11.6. The van der Waals surface area contributed by atoms with Crippen LogP contribution in [0.2, 0.25) is 0 Å². The average molecular weight is 520 g/mol. The average Bonchev–Trinajstić information content (AvgIpc) is 2.88. The van der Waals surface area contributed by atoms with E-state index in [4.69, 9.17) is 9.47 Å². The summed E-state index contributed by atoms with van der Waals surface area (Å²) in [5.74, 6) is 0.989. The van der Waals surface area contributed by atoms with Crippen LogP contribution in [-0.4, -0.2) is 13.9 Å². The lowest BCUT2D eigenvalue weighted by molar-refractivity contribution is 0.0494. The molecule has 37 heavy (non-hydrogen) atoms. The fraction of sp³-hybridized carbons (Fsp3) is 0.455. The Balaban J connectivity index is 2.04. The fourth-order valence-electron chi connectivity index (χ4n) is 4.98. The van der Waals surface area contributed by atoms with Crippen molar-refractivity contribution < 1.29 is 9.47 Å². The Kier molecular flexibility index (Phi) is 10.4. The van der Waals surface area contributed by atoms with Crippen LogP contribution in [0.15, 0.2) is 60.7 Å². The number of rotatable bonds is 12. The first-order valence-electron chi connectivity index (χ1n) is 13.5. The lowest BCUT2D eigenvalue weighted by Crippen LogP contribution is -2.27. The van der Waals surface area contributed by atoms with Gasteiger partial charge in [-0.25, -0.2) is 0 Å². The van der Waals surface area contributed by atoms with Crippen LogP contribution in [0, 0.1) is 13.8 Å². The highest BCUT2D eigenvalue weighted by atomic mass is 31.1. The van der Waals surface area contributed by atoms with Gasteiger partial charge in [-0.3, -0.25) is 0 Å². The van der Waals surface area contributed by atoms with Gasteiger partial charge >= 0.3 is 0 Å². The van der Waals surface area contributed by atoms with E-state index >= 15 is 0 Å². The maximum absolute atomic E-state index is 6.28. The summed E-state index contributed by atoms with van der Waals surface area (Å²) in [6.45, 7) is 18.0. The molecule has 0 radical (unpaired) electrons. The minimum Gasteiger partial charge on any atom is -0.467 e. The SMILES string of the molecule is CCC(CC)(Pc1c(C)cccc1CNCc1ccccc1)c1cc(C(C)(C)C)cc(C)c1OCOC. The van der Waals surface area contributed by atoms with Gasteiger partial charge in [0.25, 0.3) is 0 Å². The quantitative estimate of drug-likeness (QED) is 0.195. The first-order valence-corrected chi connectivity index (χ1v) is 14.5. The predicted octanol–water partition coefficient (Wildman–Crippen LogP) is 7.89. The number of ether oxygens (including phenoxy) is 2. The van der Waals surface area contributed by atoms with Crippen LogP contribution in [0.25, 0.3) is 0 Å². The molecule has 0 saturated carbocycles. The van der Waals surface area contributed by atoms with E-state index in [1.807, 2.05) is 0 Å². The van der Waals surface area contributed by atoms with E-state index in [2.05, 4.69) is 114 Å². The molecule has 200 valence electrons. The van der Waals surface area contributed by atoms with Gasteiger partial charge in [0.1, 0.15) is 5.75 Å². The van der Waals surface area contributed by atoms with E-state index in [1.54, 1.807) is 7.11 Å². The molecule has 4 heteroatoms. The smallest absolute Gasteiger partial charge is 0.188 e. The van der Waals surface area contributed by atoms with Crippen molar-refractivity contribution in [1.82, 2.24) is 5.32 Å². The Morgan fingerprint density at radius 1 is 0.838 bits per heavy atom. The van der Waals surface area contributed by atoms with Gasteiger partial charge in [0.15, 0.2) is 6.79 Å². The highest BCUT2D eigenvalue weighted by Crippen LogP contribution is 2.52. The molecule has 0 aliphatic rings. The van der Waals surface area contributed by atoms with Gasteiger partial charge in [-0.1, -0.05) is 104 Å². The monoisotopic (exact) mass is 519 g/mol. The molecule has 0 saturated heterocycles. The van der Waals surface area contributed by atoms with Crippen LogP contribution in [-0.2, 0) is 28.4 Å². The van der Waals surface area contributed by atoms with Crippen molar-refractivity contribution in [2.24, 2.45) is 0 Å². The molecule has 0 aromatic heterocycles. The van der Waals surface area contributed by atoms with Crippen molar-refractivity contribution in [3.05, 3.63) is 94.0 Å². The van der Waals surface area contributed by atoms with Gasteiger partial charge in [0, 0.05) is 30.9 Å². The standard InChI is InChI=1S/C33H46NO2P/c1-9-33(10-2,29-20-28(32(5,6)7)19-25(4)30(29)36-23-35-8)37-31-24(3)15-14-18-27(31)22-34-21-26-16-12-11-13-17-26/h11-20,34,37H,9-10,21-23H2,1-8H3. The Hall–Kier alpha value is -2.19. The predicted molar refractivity (Wildman–Crippen MR) is 161 cm³/mol. The molecular weight excluding hydrogens is 473 g/mol. The van der Waals surface area contributed by atoms with E-state index in [0.717, 1.165) is 31.7 Å². The summed E-state index contributed by atoms with van der Waals surface area (Å²) >= 11 is 0. The highest BCUT2D eigenvalue weighted by molar-refractivity contribution is 7.48. The van der Waals surface area contributed by atoms with Gasteiger partial charge in [0.05, 0.1) is 0 Å². The molecule has 3 aromatic carbocycles. The maximum atomic E-state index is 6.28. The summed E-state index contributed by atoms with van der Waals surface area (Å²) in [5.41, 5.74) is 8.00. The van der Waals surface area contributed by atoms with Crippen molar-refractivity contribution in [2.45, 2.75) is 85.0 Å². The van der Waals surface area contributed by atoms with Crippen LogP contribution >= 0.6 is 8.58 Å². The largest absolute Gasteiger partial charge is 0.467 e. The molecule has 0 heterocycles. The molecule has 0 aliphatic heterocycles. The molecule has 0 bridgehead atoms. The molecule has 3 aromatic rings. The fourth-order valence-corrected chi connectivity index (χ4v) is 6.74. The Bertz CT molecular complexity index is 1150. The van der Waals surface area contributed by atoms with E-state index < -0.39 is 0 Å². The number of nitrogens with one attached hydrogen (secondary N) is 1. The molecule has 0 fully saturated rings. The molecule has 3 nitrogen and oxygen atoms in total. The van der Waals surface area contributed by atoms with Gasteiger partial charge < -0.3 is 14.8 Å². The summed E-state index contributed by atoms with van der Waals surface area (Å²) in [7, 11) is 2.33. The summed E-state index contributed by atoms with van der Waals surface area (Å²) in [5, 5.41) is 5.14. The third kappa shape index (κ3) is 7.23. The van der Waals surface area contributed by atoms with Gasteiger partial charge in [0.2, 0.25) is 0 Å². The van der Waals surface area contributed by atoms with Crippen LogP contribution in [0.3, 0.4) is 0 Å². The van der Waals surface area contributed by atoms with Crippen molar-refractivity contribution in [3.8, 4) is 5.75 Å². The molecule has 1 N–H and O–H groups in total. The van der Waals surface area contributed by atoms with Crippen LogP contribution in [0.1, 0.15) is 80.8 Å². The Morgan fingerprint density at radius 3 is 2.16 bits per heavy atom. The third-order valence-corrected chi connectivity index (χ3v) is 9.82. The number of hydrogen-bond acceptors (Lipinski definition) is 3. The van der Waals surface area contributed by atoms with Gasteiger partial charge in [-0.05, 0) is 65.2 Å². The summed E-state index contributed by atoms with van der Waals surface area (Å²) in [6, 6.07) is 22.1. The summed E-state index contributed by atoms with van der Waals surface area (Å²) in [4.78, 5) is 0. The van der Waals surface area contributed by atoms with Crippen molar-refractivity contribution >= 4 is 13.9 Å². The normalized spacial score (nSPS) is 12.4. The molecule has 1 unspecified atom stereocenters. The lowest BCUT2D eigenvalue weighted by atomic mass is 9.81. The van der Waals surface area contributed by atoms with Gasteiger partial charge in [-0.2, -0.15) is 0 Å². The Morgan fingerprint density at radius 2 is 1.54 bits per heavy atom.